The second-order valence-electron chi connectivity index (χ2n) is 4.83. The van der Waals surface area contributed by atoms with Gasteiger partial charge in [-0.25, -0.2) is 4.98 Å². The Balaban J connectivity index is 2.06. The SMILES string of the molecule is Cc1cccc(-n2cncc2C2CNCCO2)c1C#N. The minimum Gasteiger partial charge on any atom is -0.369 e. The summed E-state index contributed by atoms with van der Waals surface area (Å²) in [5.74, 6) is 0. The van der Waals surface area contributed by atoms with Crippen LogP contribution in [0.2, 0.25) is 0 Å². The molecular weight excluding hydrogens is 252 g/mol. The molecule has 0 amide bonds. The van der Waals surface area contributed by atoms with E-state index in [0.717, 1.165) is 30.0 Å². The number of ether oxygens (including phenoxy) is 1. The van der Waals surface area contributed by atoms with Crippen molar-refractivity contribution < 1.29 is 4.74 Å². The van der Waals surface area contributed by atoms with Gasteiger partial charge in [-0.3, -0.25) is 4.57 Å². The van der Waals surface area contributed by atoms with E-state index in [4.69, 9.17) is 4.74 Å². The second kappa shape index (κ2) is 5.45. The molecule has 1 atom stereocenters. The van der Waals surface area contributed by atoms with Gasteiger partial charge in [0.15, 0.2) is 0 Å². The average Bonchev–Trinajstić information content (AvgIpc) is 2.97. The zero-order valence-electron chi connectivity index (χ0n) is 11.3. The summed E-state index contributed by atoms with van der Waals surface area (Å²) in [7, 11) is 0. The van der Waals surface area contributed by atoms with Crippen LogP contribution in [0.5, 0.6) is 0 Å². The van der Waals surface area contributed by atoms with Gasteiger partial charge >= 0.3 is 0 Å². The van der Waals surface area contributed by atoms with Crippen LogP contribution in [0.4, 0.5) is 0 Å². The van der Waals surface area contributed by atoms with E-state index >= 15 is 0 Å². The fourth-order valence-electron chi connectivity index (χ4n) is 2.50. The van der Waals surface area contributed by atoms with Gasteiger partial charge in [-0.15, -0.1) is 0 Å². The zero-order chi connectivity index (χ0) is 13.9. The second-order valence-corrected chi connectivity index (χ2v) is 4.83. The van der Waals surface area contributed by atoms with Gasteiger partial charge in [0.25, 0.3) is 0 Å². The Hall–Kier alpha value is -2.16. The lowest BCUT2D eigenvalue weighted by molar-refractivity contribution is 0.0240. The van der Waals surface area contributed by atoms with E-state index in [-0.39, 0.29) is 6.10 Å². The van der Waals surface area contributed by atoms with Gasteiger partial charge in [0.2, 0.25) is 0 Å². The van der Waals surface area contributed by atoms with Crippen LogP contribution in [0.3, 0.4) is 0 Å². The van der Waals surface area contributed by atoms with E-state index in [9.17, 15) is 5.26 Å². The third-order valence-electron chi connectivity index (χ3n) is 3.55. The molecule has 5 heteroatoms. The molecule has 1 aliphatic heterocycles. The molecule has 102 valence electrons. The molecule has 2 aromatic rings. The molecule has 1 unspecified atom stereocenters. The Kier molecular flexibility index (Phi) is 3.50. The molecule has 2 heterocycles. The largest absolute Gasteiger partial charge is 0.369 e. The van der Waals surface area contributed by atoms with Crippen molar-refractivity contribution in [2.45, 2.75) is 13.0 Å². The highest BCUT2D eigenvalue weighted by molar-refractivity contribution is 5.53. The molecule has 1 fully saturated rings. The van der Waals surface area contributed by atoms with E-state index in [0.29, 0.717) is 12.2 Å². The Morgan fingerprint density at radius 1 is 1.50 bits per heavy atom. The molecule has 20 heavy (non-hydrogen) atoms. The topological polar surface area (TPSA) is 62.9 Å². The number of nitrogens with one attached hydrogen (secondary N) is 1. The number of benzene rings is 1. The van der Waals surface area contributed by atoms with Crippen molar-refractivity contribution in [1.29, 1.82) is 5.26 Å². The number of aryl methyl sites for hydroxylation is 1. The number of morpholine rings is 1. The predicted molar refractivity (Wildman–Crippen MR) is 74.6 cm³/mol. The maximum atomic E-state index is 9.37. The molecule has 5 nitrogen and oxygen atoms in total. The molecule has 1 N–H and O–H groups in total. The fraction of sp³-hybridized carbons (Fsp3) is 0.333. The summed E-state index contributed by atoms with van der Waals surface area (Å²) >= 11 is 0. The molecule has 0 spiro atoms. The molecule has 1 saturated heterocycles. The van der Waals surface area contributed by atoms with Gasteiger partial charge in [0, 0.05) is 13.1 Å². The first-order valence-electron chi connectivity index (χ1n) is 6.66. The highest BCUT2D eigenvalue weighted by atomic mass is 16.5. The third-order valence-corrected chi connectivity index (χ3v) is 3.55. The van der Waals surface area contributed by atoms with E-state index in [2.05, 4.69) is 16.4 Å². The summed E-state index contributed by atoms with van der Waals surface area (Å²) in [6, 6.07) is 8.11. The van der Waals surface area contributed by atoms with Crippen LogP contribution in [-0.4, -0.2) is 29.2 Å². The maximum Gasteiger partial charge on any atom is 0.112 e. The Bertz CT molecular complexity index is 650. The molecule has 0 saturated carbocycles. The maximum absolute atomic E-state index is 9.37. The monoisotopic (exact) mass is 268 g/mol. The lowest BCUT2D eigenvalue weighted by atomic mass is 10.1. The van der Waals surface area contributed by atoms with Crippen LogP contribution in [0, 0.1) is 18.3 Å². The average molecular weight is 268 g/mol. The first-order chi connectivity index (χ1) is 9.81. The number of hydrogen-bond acceptors (Lipinski definition) is 4. The van der Waals surface area contributed by atoms with Crippen molar-refractivity contribution in [3.05, 3.63) is 47.5 Å². The fourth-order valence-corrected chi connectivity index (χ4v) is 2.50. The molecule has 0 bridgehead atoms. The smallest absolute Gasteiger partial charge is 0.112 e. The highest BCUT2D eigenvalue weighted by Crippen LogP contribution is 2.24. The van der Waals surface area contributed by atoms with Crippen LogP contribution in [0.25, 0.3) is 5.69 Å². The van der Waals surface area contributed by atoms with Gasteiger partial charge < -0.3 is 10.1 Å². The van der Waals surface area contributed by atoms with Gasteiger partial charge in [-0.05, 0) is 18.6 Å². The number of hydrogen-bond donors (Lipinski definition) is 1. The summed E-state index contributed by atoms with van der Waals surface area (Å²) in [6.45, 7) is 4.27. The van der Waals surface area contributed by atoms with E-state index < -0.39 is 0 Å². The lowest BCUT2D eigenvalue weighted by Crippen LogP contribution is -2.34. The van der Waals surface area contributed by atoms with Gasteiger partial charge in [-0.2, -0.15) is 5.26 Å². The quantitative estimate of drug-likeness (QED) is 0.900. The van der Waals surface area contributed by atoms with Gasteiger partial charge in [-0.1, -0.05) is 12.1 Å². The van der Waals surface area contributed by atoms with Crippen LogP contribution in [0.15, 0.2) is 30.7 Å². The molecule has 1 aliphatic rings. The first-order valence-corrected chi connectivity index (χ1v) is 6.66. The standard InChI is InChI=1S/C15H16N4O/c1-11-3-2-4-13(12(11)7-16)19-10-18-8-14(19)15-9-17-5-6-20-15/h2-4,8,10,15,17H,5-6,9H2,1H3. The highest BCUT2D eigenvalue weighted by Gasteiger charge is 2.21. The minimum atomic E-state index is -0.0293. The molecule has 0 radical (unpaired) electrons. The normalized spacial score (nSPS) is 18.7. The Labute approximate surface area is 117 Å². The first kappa shape index (κ1) is 12.9. The predicted octanol–water partition coefficient (Wildman–Crippen LogP) is 1.71. The van der Waals surface area contributed by atoms with Crippen LogP contribution >= 0.6 is 0 Å². The van der Waals surface area contributed by atoms with Crippen molar-refractivity contribution >= 4 is 0 Å². The summed E-state index contributed by atoms with van der Waals surface area (Å²) in [5.41, 5.74) is 3.47. The van der Waals surface area contributed by atoms with Gasteiger partial charge in [0.1, 0.15) is 12.2 Å². The molecule has 1 aromatic carbocycles. The van der Waals surface area contributed by atoms with Crippen LogP contribution < -0.4 is 5.32 Å². The van der Waals surface area contributed by atoms with Crippen molar-refractivity contribution in [3.63, 3.8) is 0 Å². The zero-order valence-corrected chi connectivity index (χ0v) is 11.3. The third kappa shape index (κ3) is 2.20. The van der Waals surface area contributed by atoms with Crippen molar-refractivity contribution in [2.75, 3.05) is 19.7 Å². The molecule has 0 aliphatic carbocycles. The molecular formula is C15H16N4O. The van der Waals surface area contributed by atoms with Crippen molar-refractivity contribution in [3.8, 4) is 11.8 Å². The summed E-state index contributed by atoms with van der Waals surface area (Å²) in [4.78, 5) is 4.22. The van der Waals surface area contributed by atoms with E-state index in [1.165, 1.54) is 0 Å². The number of imidazole rings is 1. The Morgan fingerprint density at radius 3 is 3.15 bits per heavy atom. The van der Waals surface area contributed by atoms with Crippen molar-refractivity contribution in [2.24, 2.45) is 0 Å². The van der Waals surface area contributed by atoms with Gasteiger partial charge in [0.05, 0.1) is 36.1 Å². The number of nitriles is 1. The summed E-state index contributed by atoms with van der Waals surface area (Å²) in [6.07, 6.45) is 3.52. The van der Waals surface area contributed by atoms with Crippen LogP contribution in [0.1, 0.15) is 22.9 Å². The number of aromatic nitrogens is 2. The summed E-state index contributed by atoms with van der Waals surface area (Å²) < 4.78 is 7.73. The minimum absolute atomic E-state index is 0.0293. The summed E-state index contributed by atoms with van der Waals surface area (Å²) in [5, 5.41) is 12.7. The Morgan fingerprint density at radius 2 is 2.40 bits per heavy atom. The molecule has 3 rings (SSSR count). The lowest BCUT2D eigenvalue weighted by Gasteiger charge is -2.24. The molecule has 1 aromatic heterocycles. The van der Waals surface area contributed by atoms with Crippen molar-refractivity contribution in [1.82, 2.24) is 14.9 Å². The van der Waals surface area contributed by atoms with E-state index in [1.54, 1.807) is 12.5 Å². The number of rotatable bonds is 2. The number of nitrogens with zero attached hydrogens (tertiary/aromatic N) is 3. The van der Waals surface area contributed by atoms with Crippen LogP contribution in [-0.2, 0) is 4.74 Å². The van der Waals surface area contributed by atoms with E-state index in [1.807, 2.05) is 29.7 Å².